The van der Waals surface area contributed by atoms with Gasteiger partial charge in [0, 0.05) is 0 Å². The Labute approximate surface area is 135 Å². The number of thiazole rings is 1. The van der Waals surface area contributed by atoms with Gasteiger partial charge in [0.1, 0.15) is 10.6 Å². The van der Waals surface area contributed by atoms with Crippen molar-refractivity contribution in [2.75, 3.05) is 12.4 Å². The van der Waals surface area contributed by atoms with Crippen molar-refractivity contribution >= 4 is 39.1 Å². The maximum Gasteiger partial charge on any atom is 0.261 e. The molecular formula is C16H13N3O3S. The van der Waals surface area contributed by atoms with Crippen molar-refractivity contribution in [1.29, 1.82) is 0 Å². The summed E-state index contributed by atoms with van der Waals surface area (Å²) >= 11 is 1.02. The largest absolute Gasteiger partial charge is 0.496 e. The van der Waals surface area contributed by atoms with Crippen LogP contribution in [-0.4, -0.2) is 23.9 Å². The van der Waals surface area contributed by atoms with Gasteiger partial charge in [-0.05, 0) is 22.9 Å². The maximum atomic E-state index is 12.5. The number of carbonyl (C=O) groups excluding carboxylic acids is 2. The minimum Gasteiger partial charge on any atom is -0.496 e. The second-order valence-corrected chi connectivity index (χ2v) is 5.78. The Balaban J connectivity index is 1.94. The smallest absolute Gasteiger partial charge is 0.261 e. The number of nitrogens with one attached hydrogen (secondary N) is 1. The first-order chi connectivity index (χ1) is 11.1. The molecule has 3 N–H and O–H groups in total. The molecule has 0 fully saturated rings. The van der Waals surface area contributed by atoms with E-state index in [-0.39, 0.29) is 10.8 Å². The predicted molar refractivity (Wildman–Crippen MR) is 89.1 cm³/mol. The van der Waals surface area contributed by atoms with Gasteiger partial charge in [0.05, 0.1) is 18.9 Å². The van der Waals surface area contributed by atoms with Crippen molar-refractivity contribution in [2.24, 2.45) is 5.73 Å². The van der Waals surface area contributed by atoms with E-state index in [9.17, 15) is 9.59 Å². The summed E-state index contributed by atoms with van der Waals surface area (Å²) in [6.07, 6.45) is 1.33. The van der Waals surface area contributed by atoms with Crippen LogP contribution in [0.5, 0.6) is 5.75 Å². The molecule has 0 unspecified atom stereocenters. The topological polar surface area (TPSA) is 94.3 Å². The number of amides is 2. The van der Waals surface area contributed by atoms with Crippen molar-refractivity contribution < 1.29 is 14.3 Å². The Hall–Kier alpha value is -2.93. The molecule has 0 aliphatic carbocycles. The number of hydrogen-bond acceptors (Lipinski definition) is 5. The van der Waals surface area contributed by atoms with E-state index in [2.05, 4.69) is 10.3 Å². The zero-order valence-corrected chi connectivity index (χ0v) is 13.0. The first-order valence-electron chi connectivity index (χ1n) is 6.72. The number of methoxy groups -OCH3 is 1. The number of fused-ring (bicyclic) bond motifs is 1. The van der Waals surface area contributed by atoms with E-state index in [0.29, 0.717) is 16.4 Å². The molecule has 0 saturated heterocycles. The average Bonchev–Trinajstić information content (AvgIpc) is 3.02. The molecule has 2 aromatic carbocycles. The second kappa shape index (κ2) is 6.05. The van der Waals surface area contributed by atoms with Crippen LogP contribution in [0.1, 0.15) is 20.0 Å². The molecule has 0 bridgehead atoms. The zero-order chi connectivity index (χ0) is 16.4. The number of aromatic nitrogens is 1. The molecule has 0 saturated carbocycles. The van der Waals surface area contributed by atoms with Crippen LogP contribution in [0.4, 0.5) is 5.13 Å². The number of nitrogens with zero attached hydrogens (tertiary/aromatic N) is 1. The van der Waals surface area contributed by atoms with Gasteiger partial charge in [0.2, 0.25) is 0 Å². The molecule has 3 rings (SSSR count). The normalized spacial score (nSPS) is 10.5. The van der Waals surface area contributed by atoms with Crippen LogP contribution < -0.4 is 15.8 Å². The molecular weight excluding hydrogens is 314 g/mol. The Morgan fingerprint density at radius 1 is 1.22 bits per heavy atom. The molecule has 1 aromatic heterocycles. The maximum absolute atomic E-state index is 12.5. The fraction of sp³-hybridized carbons (Fsp3) is 0.0625. The number of carbonyl (C=O) groups is 2. The molecule has 6 nitrogen and oxygen atoms in total. The average molecular weight is 327 g/mol. The number of anilines is 1. The summed E-state index contributed by atoms with van der Waals surface area (Å²) in [4.78, 5) is 27.8. The number of ether oxygens (including phenoxy) is 1. The number of benzene rings is 2. The number of nitrogens with two attached hydrogens (primary N) is 1. The lowest BCUT2D eigenvalue weighted by Gasteiger charge is -2.09. The van der Waals surface area contributed by atoms with Crippen LogP contribution >= 0.6 is 11.3 Å². The lowest BCUT2D eigenvalue weighted by atomic mass is 10.1. The van der Waals surface area contributed by atoms with Crippen molar-refractivity contribution in [1.82, 2.24) is 4.98 Å². The van der Waals surface area contributed by atoms with Crippen LogP contribution in [0.15, 0.2) is 42.6 Å². The van der Waals surface area contributed by atoms with Crippen molar-refractivity contribution in [3.05, 3.63) is 53.0 Å². The van der Waals surface area contributed by atoms with Crippen LogP contribution in [-0.2, 0) is 0 Å². The van der Waals surface area contributed by atoms with E-state index < -0.39 is 5.91 Å². The fourth-order valence-corrected chi connectivity index (χ4v) is 2.84. The third-order valence-electron chi connectivity index (χ3n) is 3.28. The molecule has 116 valence electrons. The number of rotatable bonds is 4. The van der Waals surface area contributed by atoms with Crippen LogP contribution in [0.2, 0.25) is 0 Å². The van der Waals surface area contributed by atoms with Crippen LogP contribution in [0.3, 0.4) is 0 Å². The van der Waals surface area contributed by atoms with Gasteiger partial charge in [-0.1, -0.05) is 35.6 Å². The molecule has 0 atom stereocenters. The quantitative estimate of drug-likeness (QED) is 0.770. The standard InChI is InChI=1S/C16H13N3O3S/c1-22-12-7-10-5-3-2-4-9(10)6-11(12)15(21)19-16-18-8-13(23-16)14(17)20/h2-8H,1H3,(H2,17,20)(H,18,19,21). The molecule has 3 aromatic rings. The predicted octanol–water partition coefficient (Wildman–Crippen LogP) is 2.66. The Kier molecular flexibility index (Phi) is 3.94. The van der Waals surface area contributed by atoms with Crippen LogP contribution in [0.25, 0.3) is 10.8 Å². The third kappa shape index (κ3) is 3.00. The Bertz CT molecular complexity index is 904. The van der Waals surface area contributed by atoms with Gasteiger partial charge in [-0.2, -0.15) is 0 Å². The summed E-state index contributed by atoms with van der Waals surface area (Å²) < 4.78 is 5.30. The van der Waals surface area contributed by atoms with Crippen molar-refractivity contribution in [2.45, 2.75) is 0 Å². The first-order valence-corrected chi connectivity index (χ1v) is 7.54. The summed E-state index contributed by atoms with van der Waals surface area (Å²) in [6.45, 7) is 0. The lowest BCUT2D eigenvalue weighted by molar-refractivity contribution is 0.1000. The summed E-state index contributed by atoms with van der Waals surface area (Å²) in [5, 5.41) is 4.86. The minimum atomic E-state index is -0.578. The first kappa shape index (κ1) is 15.0. The summed E-state index contributed by atoms with van der Waals surface area (Å²) in [5.74, 6) is -0.475. The SMILES string of the molecule is COc1cc2ccccc2cc1C(=O)Nc1ncc(C(N)=O)s1. The molecule has 0 radical (unpaired) electrons. The monoisotopic (exact) mass is 327 g/mol. The highest BCUT2D eigenvalue weighted by atomic mass is 32.1. The Morgan fingerprint density at radius 2 is 1.91 bits per heavy atom. The lowest BCUT2D eigenvalue weighted by Crippen LogP contribution is -2.13. The molecule has 0 spiro atoms. The molecule has 0 aliphatic heterocycles. The highest BCUT2D eigenvalue weighted by Gasteiger charge is 2.16. The van der Waals surface area contributed by atoms with Gasteiger partial charge in [-0.25, -0.2) is 4.98 Å². The van der Waals surface area contributed by atoms with E-state index in [1.165, 1.54) is 13.3 Å². The van der Waals surface area contributed by atoms with E-state index >= 15 is 0 Å². The zero-order valence-electron chi connectivity index (χ0n) is 12.2. The summed E-state index contributed by atoms with van der Waals surface area (Å²) in [5.41, 5.74) is 5.57. The van der Waals surface area contributed by atoms with Gasteiger partial charge in [0.15, 0.2) is 5.13 Å². The molecule has 1 heterocycles. The summed E-state index contributed by atoms with van der Waals surface area (Å²) in [6, 6.07) is 11.2. The highest BCUT2D eigenvalue weighted by molar-refractivity contribution is 7.17. The van der Waals surface area contributed by atoms with Gasteiger partial charge < -0.3 is 10.5 Å². The molecule has 7 heteroatoms. The third-order valence-corrected chi connectivity index (χ3v) is 4.21. The summed E-state index contributed by atoms with van der Waals surface area (Å²) in [7, 11) is 1.51. The van der Waals surface area contributed by atoms with E-state index in [1.807, 2.05) is 24.3 Å². The van der Waals surface area contributed by atoms with E-state index in [0.717, 1.165) is 22.1 Å². The number of hydrogen-bond donors (Lipinski definition) is 2. The molecule has 2 amide bonds. The Morgan fingerprint density at radius 3 is 2.52 bits per heavy atom. The van der Waals surface area contributed by atoms with Crippen molar-refractivity contribution in [3.8, 4) is 5.75 Å². The van der Waals surface area contributed by atoms with E-state index in [4.69, 9.17) is 10.5 Å². The highest BCUT2D eigenvalue weighted by Crippen LogP contribution is 2.27. The molecule has 0 aliphatic rings. The van der Waals surface area contributed by atoms with Gasteiger partial charge in [-0.15, -0.1) is 0 Å². The van der Waals surface area contributed by atoms with Gasteiger partial charge >= 0.3 is 0 Å². The molecule has 23 heavy (non-hydrogen) atoms. The minimum absolute atomic E-state index is 0.283. The fourth-order valence-electron chi connectivity index (χ4n) is 2.18. The van der Waals surface area contributed by atoms with E-state index in [1.54, 1.807) is 12.1 Å². The van der Waals surface area contributed by atoms with Crippen molar-refractivity contribution in [3.63, 3.8) is 0 Å². The van der Waals surface area contributed by atoms with Gasteiger partial charge in [-0.3, -0.25) is 14.9 Å². The van der Waals surface area contributed by atoms with Crippen LogP contribution in [0, 0.1) is 0 Å². The van der Waals surface area contributed by atoms with Gasteiger partial charge in [0.25, 0.3) is 11.8 Å². The number of primary amides is 1. The second-order valence-electron chi connectivity index (χ2n) is 4.75.